The van der Waals surface area contributed by atoms with Crippen LogP contribution in [0.5, 0.6) is 0 Å². The Labute approximate surface area is 172 Å². The predicted octanol–water partition coefficient (Wildman–Crippen LogP) is 4.75. The molecule has 0 N–H and O–H groups in total. The summed E-state index contributed by atoms with van der Waals surface area (Å²) in [5.41, 5.74) is 4.28. The van der Waals surface area contributed by atoms with E-state index in [1.807, 2.05) is 25.1 Å². The SMILES string of the molecule is CCOC(=O)N1CCOC(c2ccc3c(c2)sc2nc(-c4ccccc4)cn23)C1. The summed E-state index contributed by atoms with van der Waals surface area (Å²) < 4.78 is 14.4. The average Bonchev–Trinajstić information content (AvgIpc) is 3.32. The largest absolute Gasteiger partial charge is 0.450 e. The van der Waals surface area contributed by atoms with Crippen LogP contribution < -0.4 is 0 Å². The Balaban J connectivity index is 1.44. The molecule has 1 aliphatic heterocycles. The summed E-state index contributed by atoms with van der Waals surface area (Å²) in [6, 6.07) is 16.5. The Morgan fingerprint density at radius 1 is 1.28 bits per heavy atom. The number of carbonyl (C=O) groups excluding carboxylic acids is 1. The molecule has 2 aromatic heterocycles. The number of morpholine rings is 1. The first-order chi connectivity index (χ1) is 14.2. The maximum Gasteiger partial charge on any atom is 0.409 e. The summed E-state index contributed by atoms with van der Waals surface area (Å²) in [6.07, 6.45) is 1.67. The third-order valence-electron chi connectivity index (χ3n) is 5.15. The molecular weight excluding hydrogens is 386 g/mol. The second-order valence-electron chi connectivity index (χ2n) is 6.98. The highest BCUT2D eigenvalue weighted by atomic mass is 32.1. The summed E-state index contributed by atoms with van der Waals surface area (Å²) in [5, 5.41) is 0. The van der Waals surface area contributed by atoms with Gasteiger partial charge in [-0.3, -0.25) is 4.40 Å². The van der Waals surface area contributed by atoms with Gasteiger partial charge in [-0.2, -0.15) is 0 Å². The van der Waals surface area contributed by atoms with Gasteiger partial charge in [-0.15, -0.1) is 0 Å². The van der Waals surface area contributed by atoms with Gasteiger partial charge >= 0.3 is 6.09 Å². The monoisotopic (exact) mass is 407 g/mol. The van der Waals surface area contributed by atoms with Crippen molar-refractivity contribution in [3.8, 4) is 11.3 Å². The van der Waals surface area contributed by atoms with Gasteiger partial charge in [-0.05, 0) is 24.6 Å². The third-order valence-corrected chi connectivity index (χ3v) is 6.17. The zero-order valence-electron chi connectivity index (χ0n) is 16.1. The molecule has 148 valence electrons. The Hall–Kier alpha value is -2.90. The summed E-state index contributed by atoms with van der Waals surface area (Å²) in [4.78, 5) is 19.5. The van der Waals surface area contributed by atoms with Crippen molar-refractivity contribution in [3.63, 3.8) is 0 Å². The Morgan fingerprint density at radius 2 is 2.14 bits per heavy atom. The lowest BCUT2D eigenvalue weighted by atomic mass is 10.1. The molecule has 5 rings (SSSR count). The topological polar surface area (TPSA) is 56.1 Å². The molecule has 1 fully saturated rings. The lowest BCUT2D eigenvalue weighted by molar-refractivity contribution is -0.0279. The van der Waals surface area contributed by atoms with Crippen LogP contribution in [0.4, 0.5) is 4.79 Å². The smallest absolute Gasteiger partial charge is 0.409 e. The fraction of sp³-hybridized carbons (Fsp3) is 0.273. The van der Waals surface area contributed by atoms with E-state index in [0.717, 1.165) is 32.0 Å². The van der Waals surface area contributed by atoms with Gasteiger partial charge in [0.2, 0.25) is 0 Å². The van der Waals surface area contributed by atoms with E-state index in [-0.39, 0.29) is 12.2 Å². The van der Waals surface area contributed by atoms with Crippen LogP contribution in [0.1, 0.15) is 18.6 Å². The number of hydrogen-bond donors (Lipinski definition) is 0. The number of aromatic nitrogens is 2. The fourth-order valence-electron chi connectivity index (χ4n) is 3.70. The third kappa shape index (κ3) is 3.36. The van der Waals surface area contributed by atoms with Crippen LogP contribution in [-0.2, 0) is 9.47 Å². The van der Waals surface area contributed by atoms with Crippen LogP contribution in [0.2, 0.25) is 0 Å². The molecule has 1 saturated heterocycles. The molecule has 6 nitrogen and oxygen atoms in total. The number of amides is 1. The molecule has 0 radical (unpaired) electrons. The van der Waals surface area contributed by atoms with Crippen molar-refractivity contribution in [1.82, 2.24) is 14.3 Å². The molecular formula is C22H21N3O3S. The number of ether oxygens (including phenoxy) is 2. The number of imidazole rings is 1. The van der Waals surface area contributed by atoms with Gasteiger partial charge in [0.1, 0.15) is 6.10 Å². The van der Waals surface area contributed by atoms with E-state index in [0.29, 0.717) is 26.3 Å². The van der Waals surface area contributed by atoms with Crippen molar-refractivity contribution < 1.29 is 14.3 Å². The lowest BCUT2D eigenvalue weighted by Crippen LogP contribution is -2.42. The van der Waals surface area contributed by atoms with E-state index in [9.17, 15) is 4.79 Å². The highest BCUT2D eigenvalue weighted by molar-refractivity contribution is 7.23. The van der Waals surface area contributed by atoms with Crippen LogP contribution in [0.25, 0.3) is 26.4 Å². The number of benzene rings is 2. The van der Waals surface area contributed by atoms with E-state index >= 15 is 0 Å². The zero-order valence-corrected chi connectivity index (χ0v) is 16.9. The number of rotatable bonds is 3. The molecule has 1 atom stereocenters. The van der Waals surface area contributed by atoms with Crippen molar-refractivity contribution in [2.45, 2.75) is 13.0 Å². The molecule has 0 bridgehead atoms. The van der Waals surface area contributed by atoms with Crippen LogP contribution in [0, 0.1) is 0 Å². The molecule has 1 unspecified atom stereocenters. The zero-order chi connectivity index (χ0) is 19.8. The normalized spacial score (nSPS) is 17.1. The molecule has 1 aliphatic rings. The van der Waals surface area contributed by atoms with Gasteiger partial charge in [-0.1, -0.05) is 47.7 Å². The summed E-state index contributed by atoms with van der Waals surface area (Å²) in [6.45, 7) is 3.78. The van der Waals surface area contributed by atoms with Crippen molar-refractivity contribution in [2.24, 2.45) is 0 Å². The minimum Gasteiger partial charge on any atom is -0.450 e. The van der Waals surface area contributed by atoms with Gasteiger partial charge < -0.3 is 14.4 Å². The van der Waals surface area contributed by atoms with E-state index in [2.05, 4.69) is 40.9 Å². The van der Waals surface area contributed by atoms with E-state index in [1.165, 1.54) is 0 Å². The summed E-state index contributed by atoms with van der Waals surface area (Å²) in [5.74, 6) is 0. The highest BCUT2D eigenvalue weighted by Crippen LogP contribution is 2.32. The van der Waals surface area contributed by atoms with Gasteiger partial charge in [0.25, 0.3) is 0 Å². The molecule has 4 aromatic rings. The average molecular weight is 407 g/mol. The van der Waals surface area contributed by atoms with E-state index in [1.54, 1.807) is 16.2 Å². The van der Waals surface area contributed by atoms with Gasteiger partial charge in [0, 0.05) is 18.3 Å². The Bertz CT molecular complexity index is 1170. The number of fused-ring (bicyclic) bond motifs is 3. The Kier molecular flexibility index (Phi) is 4.69. The van der Waals surface area contributed by atoms with Crippen LogP contribution >= 0.6 is 11.3 Å². The molecule has 1 amide bonds. The maximum absolute atomic E-state index is 12.1. The summed E-state index contributed by atoms with van der Waals surface area (Å²) >= 11 is 1.66. The molecule has 7 heteroatoms. The van der Waals surface area contributed by atoms with Gasteiger partial charge in [0.05, 0.1) is 35.7 Å². The maximum atomic E-state index is 12.1. The first-order valence-electron chi connectivity index (χ1n) is 9.73. The van der Waals surface area contributed by atoms with Gasteiger partial charge in [-0.25, -0.2) is 9.78 Å². The molecule has 2 aromatic carbocycles. The second-order valence-corrected chi connectivity index (χ2v) is 7.99. The number of nitrogens with zero attached hydrogens (tertiary/aromatic N) is 3. The van der Waals surface area contributed by atoms with Crippen LogP contribution in [-0.4, -0.2) is 46.7 Å². The lowest BCUT2D eigenvalue weighted by Gasteiger charge is -2.32. The highest BCUT2D eigenvalue weighted by Gasteiger charge is 2.26. The molecule has 0 saturated carbocycles. The fourth-order valence-corrected chi connectivity index (χ4v) is 4.75. The number of carbonyl (C=O) groups is 1. The van der Waals surface area contributed by atoms with E-state index < -0.39 is 0 Å². The van der Waals surface area contributed by atoms with Crippen LogP contribution in [0.3, 0.4) is 0 Å². The first kappa shape index (κ1) is 18.1. The van der Waals surface area contributed by atoms with E-state index in [4.69, 9.17) is 14.5 Å². The molecule has 3 heterocycles. The second kappa shape index (κ2) is 7.50. The summed E-state index contributed by atoms with van der Waals surface area (Å²) in [7, 11) is 0. The van der Waals surface area contributed by atoms with Gasteiger partial charge in [0.15, 0.2) is 4.96 Å². The minimum absolute atomic E-state index is 0.146. The molecule has 0 aliphatic carbocycles. The van der Waals surface area contributed by atoms with Crippen molar-refractivity contribution in [2.75, 3.05) is 26.3 Å². The number of thiazole rings is 1. The minimum atomic E-state index is -0.273. The van der Waals surface area contributed by atoms with Crippen molar-refractivity contribution >= 4 is 32.6 Å². The number of hydrogen-bond acceptors (Lipinski definition) is 5. The molecule has 0 spiro atoms. The quantitative estimate of drug-likeness (QED) is 0.492. The predicted molar refractivity (Wildman–Crippen MR) is 113 cm³/mol. The first-order valence-corrected chi connectivity index (χ1v) is 10.5. The molecule has 29 heavy (non-hydrogen) atoms. The van der Waals surface area contributed by atoms with Crippen LogP contribution in [0.15, 0.2) is 54.7 Å². The standard InChI is InChI=1S/C22H21N3O3S/c1-2-27-22(26)24-10-11-28-19(14-24)16-8-9-18-20(12-16)29-21-23-17(13-25(18)21)15-6-4-3-5-7-15/h3-9,12-13,19H,2,10-11,14H2,1H3. The Morgan fingerprint density at radius 3 is 2.97 bits per heavy atom. The van der Waals surface area contributed by atoms with Crippen molar-refractivity contribution in [1.29, 1.82) is 0 Å². The van der Waals surface area contributed by atoms with Crippen molar-refractivity contribution in [3.05, 3.63) is 60.3 Å².